The van der Waals surface area contributed by atoms with Crippen molar-refractivity contribution in [3.63, 3.8) is 0 Å². The minimum absolute atomic E-state index is 0.0632. The number of nitriles is 1. The number of aliphatic hydroxyl groups is 1. The van der Waals surface area contributed by atoms with E-state index in [4.69, 9.17) is 10.00 Å². The maximum Gasteiger partial charge on any atom is 0.140 e. The van der Waals surface area contributed by atoms with Crippen molar-refractivity contribution in [2.24, 2.45) is 0 Å². The molecule has 2 rings (SSSR count). The first kappa shape index (κ1) is 14.9. The third-order valence-corrected chi connectivity index (χ3v) is 2.98. The summed E-state index contributed by atoms with van der Waals surface area (Å²) in [4.78, 5) is 0. The third-order valence-electron chi connectivity index (χ3n) is 2.98. The van der Waals surface area contributed by atoms with Crippen LogP contribution in [0.5, 0.6) is 5.75 Å². The maximum atomic E-state index is 13.7. The molecular weight excluding hydrogens is 276 g/mol. The summed E-state index contributed by atoms with van der Waals surface area (Å²) in [7, 11) is 0. The number of halogens is 2. The van der Waals surface area contributed by atoms with E-state index in [2.05, 4.69) is 0 Å². The van der Waals surface area contributed by atoms with Crippen molar-refractivity contribution < 1.29 is 18.6 Å². The summed E-state index contributed by atoms with van der Waals surface area (Å²) in [6, 6.07) is 9.98. The van der Waals surface area contributed by atoms with Crippen LogP contribution in [0.3, 0.4) is 0 Å². The average molecular weight is 289 g/mol. The first-order chi connectivity index (χ1) is 10.0. The van der Waals surface area contributed by atoms with Crippen molar-refractivity contribution in [3.8, 4) is 11.8 Å². The average Bonchev–Trinajstić information content (AvgIpc) is 2.46. The fourth-order valence-corrected chi connectivity index (χ4v) is 1.85. The summed E-state index contributed by atoms with van der Waals surface area (Å²) < 4.78 is 32.2. The summed E-state index contributed by atoms with van der Waals surface area (Å²) in [5, 5.41) is 18.1. The topological polar surface area (TPSA) is 53.2 Å². The van der Waals surface area contributed by atoms with Crippen molar-refractivity contribution in [3.05, 3.63) is 64.7 Å². The summed E-state index contributed by atoms with van der Waals surface area (Å²) in [6.07, 6.45) is -0.894. The summed E-state index contributed by atoms with van der Waals surface area (Å²) in [6.45, 7) is 1.56. The van der Waals surface area contributed by atoms with Crippen LogP contribution in [0.1, 0.15) is 29.7 Å². The Bertz CT molecular complexity index is 693. The lowest BCUT2D eigenvalue weighted by atomic mass is 10.1. The Hall–Kier alpha value is -2.45. The molecule has 5 heteroatoms. The van der Waals surface area contributed by atoms with E-state index in [1.54, 1.807) is 12.1 Å². The SMILES string of the molecule is C[C@@H](O)c1ccc(OCc2ccc(F)c(C#N)c2)cc1F. The monoisotopic (exact) mass is 289 g/mol. The highest BCUT2D eigenvalue weighted by molar-refractivity contribution is 5.35. The van der Waals surface area contributed by atoms with Gasteiger partial charge < -0.3 is 9.84 Å². The Balaban J connectivity index is 2.10. The van der Waals surface area contributed by atoms with Crippen LogP contribution in [0.2, 0.25) is 0 Å². The molecule has 0 spiro atoms. The molecule has 0 saturated heterocycles. The third kappa shape index (κ3) is 3.56. The van der Waals surface area contributed by atoms with Gasteiger partial charge in [-0.1, -0.05) is 6.07 Å². The number of ether oxygens (including phenoxy) is 1. The minimum Gasteiger partial charge on any atom is -0.489 e. The molecule has 0 heterocycles. The van der Waals surface area contributed by atoms with E-state index in [9.17, 15) is 13.9 Å². The number of nitrogens with zero attached hydrogens (tertiary/aromatic N) is 1. The smallest absolute Gasteiger partial charge is 0.140 e. The van der Waals surface area contributed by atoms with Crippen molar-refractivity contribution >= 4 is 0 Å². The van der Waals surface area contributed by atoms with E-state index in [0.717, 1.165) is 0 Å². The Kier molecular flexibility index (Phi) is 4.51. The Morgan fingerprint density at radius 3 is 2.57 bits per heavy atom. The number of aliphatic hydroxyl groups excluding tert-OH is 1. The van der Waals surface area contributed by atoms with Gasteiger partial charge >= 0.3 is 0 Å². The van der Waals surface area contributed by atoms with Gasteiger partial charge in [-0.3, -0.25) is 0 Å². The molecule has 0 unspecified atom stereocenters. The van der Waals surface area contributed by atoms with Crippen molar-refractivity contribution in [2.45, 2.75) is 19.6 Å². The zero-order valence-corrected chi connectivity index (χ0v) is 11.3. The van der Waals surface area contributed by atoms with E-state index < -0.39 is 17.7 Å². The molecule has 0 amide bonds. The van der Waals surface area contributed by atoms with Gasteiger partial charge in [0.1, 0.15) is 30.1 Å². The first-order valence-corrected chi connectivity index (χ1v) is 6.30. The predicted octanol–water partition coefficient (Wildman–Crippen LogP) is 3.47. The molecule has 21 heavy (non-hydrogen) atoms. The second kappa shape index (κ2) is 6.33. The lowest BCUT2D eigenvalue weighted by molar-refractivity contribution is 0.194. The summed E-state index contributed by atoms with van der Waals surface area (Å²) in [5.41, 5.74) is 0.732. The molecule has 0 aliphatic rings. The van der Waals surface area contributed by atoms with Gasteiger partial charge in [0.05, 0.1) is 11.7 Å². The molecular formula is C16H13F2NO2. The van der Waals surface area contributed by atoms with E-state index in [0.29, 0.717) is 11.3 Å². The second-order valence-corrected chi connectivity index (χ2v) is 4.57. The van der Waals surface area contributed by atoms with Gasteiger partial charge in [-0.05, 0) is 36.8 Å². The van der Waals surface area contributed by atoms with Crippen LogP contribution in [0.15, 0.2) is 36.4 Å². The van der Waals surface area contributed by atoms with E-state index in [1.807, 2.05) is 0 Å². The van der Waals surface area contributed by atoms with Crippen LogP contribution >= 0.6 is 0 Å². The van der Waals surface area contributed by atoms with Gasteiger partial charge in [0.15, 0.2) is 0 Å². The van der Waals surface area contributed by atoms with Gasteiger partial charge in [-0.15, -0.1) is 0 Å². The first-order valence-electron chi connectivity index (χ1n) is 6.30. The number of hydrogen-bond acceptors (Lipinski definition) is 3. The minimum atomic E-state index is -0.894. The molecule has 0 fully saturated rings. The molecule has 108 valence electrons. The molecule has 2 aromatic rings. The highest BCUT2D eigenvalue weighted by Gasteiger charge is 2.09. The molecule has 0 saturated carbocycles. The zero-order chi connectivity index (χ0) is 15.4. The lowest BCUT2D eigenvalue weighted by Gasteiger charge is -2.10. The molecule has 0 radical (unpaired) electrons. The summed E-state index contributed by atoms with van der Waals surface area (Å²) in [5.74, 6) is -0.854. The summed E-state index contributed by atoms with van der Waals surface area (Å²) >= 11 is 0. The van der Waals surface area contributed by atoms with Crippen LogP contribution in [0.25, 0.3) is 0 Å². The van der Waals surface area contributed by atoms with Gasteiger partial charge in [-0.2, -0.15) is 5.26 Å². The molecule has 0 bridgehead atoms. The van der Waals surface area contributed by atoms with Crippen LogP contribution in [-0.2, 0) is 6.61 Å². The second-order valence-electron chi connectivity index (χ2n) is 4.57. The quantitative estimate of drug-likeness (QED) is 0.937. The Morgan fingerprint density at radius 1 is 1.19 bits per heavy atom. The maximum absolute atomic E-state index is 13.7. The van der Waals surface area contributed by atoms with E-state index >= 15 is 0 Å². The molecule has 2 aromatic carbocycles. The van der Waals surface area contributed by atoms with Crippen LogP contribution in [-0.4, -0.2) is 5.11 Å². The molecule has 1 atom stereocenters. The lowest BCUT2D eigenvalue weighted by Crippen LogP contribution is -2.00. The Morgan fingerprint density at radius 2 is 1.95 bits per heavy atom. The van der Waals surface area contributed by atoms with Crippen molar-refractivity contribution in [1.82, 2.24) is 0 Å². The highest BCUT2D eigenvalue weighted by atomic mass is 19.1. The van der Waals surface area contributed by atoms with Crippen LogP contribution in [0.4, 0.5) is 8.78 Å². The predicted molar refractivity (Wildman–Crippen MR) is 72.5 cm³/mol. The highest BCUT2D eigenvalue weighted by Crippen LogP contribution is 2.22. The van der Waals surface area contributed by atoms with Crippen LogP contribution in [0, 0.1) is 23.0 Å². The normalized spacial score (nSPS) is 11.8. The van der Waals surface area contributed by atoms with Crippen molar-refractivity contribution in [1.29, 1.82) is 5.26 Å². The number of benzene rings is 2. The largest absolute Gasteiger partial charge is 0.489 e. The standard InChI is InChI=1S/C16H13F2NO2/c1-10(20)14-4-3-13(7-16(14)18)21-9-11-2-5-15(17)12(6-11)8-19/h2-7,10,20H,9H2,1H3/t10-/m1/s1. The molecule has 0 aliphatic carbocycles. The van der Waals surface area contributed by atoms with Gasteiger partial charge in [-0.25, -0.2) is 8.78 Å². The molecule has 0 aromatic heterocycles. The number of hydrogen-bond donors (Lipinski definition) is 1. The van der Waals surface area contributed by atoms with Gasteiger partial charge in [0.25, 0.3) is 0 Å². The fourth-order valence-electron chi connectivity index (χ4n) is 1.85. The Labute approximate surface area is 121 Å². The molecule has 1 N–H and O–H groups in total. The van der Waals surface area contributed by atoms with E-state index in [1.165, 1.54) is 37.3 Å². The molecule has 0 aliphatic heterocycles. The number of rotatable bonds is 4. The van der Waals surface area contributed by atoms with Crippen molar-refractivity contribution in [2.75, 3.05) is 0 Å². The zero-order valence-electron chi connectivity index (χ0n) is 11.3. The molecule has 3 nitrogen and oxygen atoms in total. The van der Waals surface area contributed by atoms with E-state index in [-0.39, 0.29) is 17.7 Å². The fraction of sp³-hybridized carbons (Fsp3) is 0.188. The van der Waals surface area contributed by atoms with Gasteiger partial charge in [0.2, 0.25) is 0 Å². The van der Waals surface area contributed by atoms with Gasteiger partial charge in [0, 0.05) is 11.6 Å². The van der Waals surface area contributed by atoms with Crippen LogP contribution < -0.4 is 4.74 Å².